The van der Waals surface area contributed by atoms with Crippen LogP contribution in [0, 0.1) is 5.92 Å². The second kappa shape index (κ2) is 8.29. The lowest BCUT2D eigenvalue weighted by molar-refractivity contribution is -0.113. The molecule has 33 heavy (non-hydrogen) atoms. The van der Waals surface area contributed by atoms with E-state index in [9.17, 15) is 4.79 Å². The molecule has 1 saturated carbocycles. The standard InChI is InChI=1S/C24H25N5O2S2/c1-13-3-10-17-18(11-13)33-23-20(17)22-27-28-24(29(22)21(26-23)14-4-5-14)32-12-19(30)25-15-6-8-16(31-2)9-7-15/h6-9,13-14H,3-5,10-12H2,1-2H3,(H,25,30). The number of thioether (sulfide) groups is 1. The number of hydrogen-bond acceptors (Lipinski definition) is 7. The van der Waals surface area contributed by atoms with Crippen molar-refractivity contribution in [3.8, 4) is 5.75 Å². The summed E-state index contributed by atoms with van der Waals surface area (Å²) in [5.74, 6) is 3.16. The monoisotopic (exact) mass is 479 g/mol. The van der Waals surface area contributed by atoms with Crippen LogP contribution >= 0.6 is 23.1 Å². The van der Waals surface area contributed by atoms with Gasteiger partial charge >= 0.3 is 0 Å². The first kappa shape index (κ1) is 20.9. The second-order valence-corrected chi connectivity index (χ2v) is 11.0. The van der Waals surface area contributed by atoms with Gasteiger partial charge in [-0.05, 0) is 67.9 Å². The number of nitrogens with one attached hydrogen (secondary N) is 1. The van der Waals surface area contributed by atoms with Gasteiger partial charge in [-0.3, -0.25) is 9.20 Å². The maximum atomic E-state index is 12.6. The van der Waals surface area contributed by atoms with E-state index >= 15 is 0 Å². The Bertz CT molecular complexity index is 1360. The Hall–Kier alpha value is -2.65. The van der Waals surface area contributed by atoms with E-state index in [1.807, 2.05) is 35.6 Å². The number of anilines is 1. The lowest BCUT2D eigenvalue weighted by Crippen LogP contribution is -2.14. The van der Waals surface area contributed by atoms with Crippen molar-refractivity contribution in [1.82, 2.24) is 19.6 Å². The van der Waals surface area contributed by atoms with Gasteiger partial charge in [0, 0.05) is 16.5 Å². The number of carbonyl (C=O) groups excluding carboxylic acids is 1. The number of hydrogen-bond donors (Lipinski definition) is 1. The van der Waals surface area contributed by atoms with Crippen LogP contribution in [0.4, 0.5) is 5.69 Å². The molecule has 0 aliphatic heterocycles. The fourth-order valence-electron chi connectivity index (χ4n) is 4.55. The predicted octanol–water partition coefficient (Wildman–Crippen LogP) is 5.08. The molecular formula is C24H25N5O2S2. The maximum absolute atomic E-state index is 12.6. The molecule has 1 N–H and O–H groups in total. The van der Waals surface area contributed by atoms with Crippen molar-refractivity contribution in [2.24, 2.45) is 5.92 Å². The molecular weight excluding hydrogens is 454 g/mol. The fourth-order valence-corrected chi connectivity index (χ4v) is 6.67. The van der Waals surface area contributed by atoms with Crippen LogP contribution in [0.2, 0.25) is 0 Å². The zero-order valence-electron chi connectivity index (χ0n) is 18.6. The predicted molar refractivity (Wildman–Crippen MR) is 132 cm³/mol. The third-order valence-corrected chi connectivity index (χ3v) is 8.52. The Morgan fingerprint density at radius 2 is 2.06 bits per heavy atom. The number of ether oxygens (including phenoxy) is 1. The number of nitrogens with zero attached hydrogens (tertiary/aromatic N) is 4. The summed E-state index contributed by atoms with van der Waals surface area (Å²) >= 11 is 3.25. The lowest BCUT2D eigenvalue weighted by atomic mass is 9.89. The Morgan fingerprint density at radius 3 is 2.82 bits per heavy atom. The number of aryl methyl sites for hydroxylation is 1. The summed E-state index contributed by atoms with van der Waals surface area (Å²) in [4.78, 5) is 20.3. The number of carbonyl (C=O) groups is 1. The third kappa shape index (κ3) is 3.87. The molecule has 1 atom stereocenters. The van der Waals surface area contributed by atoms with Crippen LogP contribution in [0.1, 0.15) is 48.4 Å². The zero-order valence-corrected chi connectivity index (χ0v) is 20.3. The van der Waals surface area contributed by atoms with Crippen molar-refractivity contribution in [3.05, 3.63) is 40.5 Å². The van der Waals surface area contributed by atoms with E-state index in [-0.39, 0.29) is 11.7 Å². The highest BCUT2D eigenvalue weighted by Crippen LogP contribution is 2.44. The number of thiophene rings is 1. The number of aromatic nitrogens is 4. The number of amides is 1. The van der Waals surface area contributed by atoms with Crippen molar-refractivity contribution in [2.45, 2.75) is 50.1 Å². The second-order valence-electron chi connectivity index (χ2n) is 8.98. The van der Waals surface area contributed by atoms with Crippen molar-refractivity contribution >= 4 is 50.6 Å². The molecule has 3 aromatic heterocycles. The summed E-state index contributed by atoms with van der Waals surface area (Å²) in [6, 6.07) is 7.33. The van der Waals surface area contributed by atoms with Crippen molar-refractivity contribution in [1.29, 1.82) is 0 Å². The molecule has 7 nitrogen and oxygen atoms in total. The largest absolute Gasteiger partial charge is 0.497 e. The molecule has 1 aromatic carbocycles. The molecule has 6 rings (SSSR count). The van der Waals surface area contributed by atoms with Gasteiger partial charge in [-0.2, -0.15) is 0 Å². The van der Waals surface area contributed by atoms with Crippen LogP contribution in [-0.2, 0) is 17.6 Å². The normalized spacial score (nSPS) is 17.9. The summed E-state index contributed by atoms with van der Waals surface area (Å²) < 4.78 is 7.29. The van der Waals surface area contributed by atoms with Gasteiger partial charge in [-0.25, -0.2) is 4.98 Å². The fraction of sp³-hybridized carbons (Fsp3) is 0.417. The maximum Gasteiger partial charge on any atom is 0.234 e. The van der Waals surface area contributed by atoms with Crippen LogP contribution in [0.15, 0.2) is 29.4 Å². The Balaban J connectivity index is 1.30. The molecule has 1 amide bonds. The number of fused-ring (bicyclic) bond motifs is 5. The van der Waals surface area contributed by atoms with Crippen molar-refractivity contribution in [3.63, 3.8) is 0 Å². The SMILES string of the molecule is COc1ccc(NC(=O)CSc2nnc3c4c5c(sc4nc(C4CC4)n23)CC(C)CC5)cc1. The van der Waals surface area contributed by atoms with E-state index in [2.05, 4.69) is 26.8 Å². The van der Waals surface area contributed by atoms with Crippen LogP contribution in [0.25, 0.3) is 15.9 Å². The van der Waals surface area contributed by atoms with Gasteiger partial charge in [0.05, 0.1) is 18.2 Å². The first-order chi connectivity index (χ1) is 16.1. The molecule has 0 saturated heterocycles. The Morgan fingerprint density at radius 1 is 1.24 bits per heavy atom. The highest BCUT2D eigenvalue weighted by molar-refractivity contribution is 7.99. The quantitative estimate of drug-likeness (QED) is 0.389. The van der Waals surface area contributed by atoms with Crippen LogP contribution < -0.4 is 10.1 Å². The third-order valence-electron chi connectivity index (χ3n) is 6.44. The lowest BCUT2D eigenvalue weighted by Gasteiger charge is -2.17. The van der Waals surface area contributed by atoms with Gasteiger partial charge in [0.25, 0.3) is 0 Å². The smallest absolute Gasteiger partial charge is 0.234 e. The van der Waals surface area contributed by atoms with Gasteiger partial charge in [0.2, 0.25) is 5.91 Å². The van der Waals surface area contributed by atoms with E-state index in [0.717, 1.165) is 64.5 Å². The van der Waals surface area contributed by atoms with Crippen molar-refractivity contribution < 1.29 is 9.53 Å². The summed E-state index contributed by atoms with van der Waals surface area (Å²) in [7, 11) is 1.62. The Kier molecular flexibility index (Phi) is 5.25. The van der Waals surface area contributed by atoms with Crippen LogP contribution in [0.5, 0.6) is 5.75 Å². The summed E-state index contributed by atoms with van der Waals surface area (Å²) in [6.07, 6.45) is 5.71. The molecule has 170 valence electrons. The van der Waals surface area contributed by atoms with Gasteiger partial charge in [-0.15, -0.1) is 21.5 Å². The van der Waals surface area contributed by atoms with Crippen LogP contribution in [0.3, 0.4) is 0 Å². The highest BCUT2D eigenvalue weighted by atomic mass is 32.2. The van der Waals surface area contributed by atoms with Gasteiger partial charge in [0.15, 0.2) is 10.8 Å². The minimum atomic E-state index is -0.0779. The van der Waals surface area contributed by atoms with E-state index < -0.39 is 0 Å². The number of methoxy groups -OCH3 is 1. The minimum Gasteiger partial charge on any atom is -0.497 e. The summed E-state index contributed by atoms with van der Waals surface area (Å²) in [5.41, 5.74) is 3.06. The first-order valence-electron chi connectivity index (χ1n) is 11.4. The Labute approximate surface area is 200 Å². The van der Waals surface area contributed by atoms with Crippen LogP contribution in [-0.4, -0.2) is 38.4 Å². The van der Waals surface area contributed by atoms with E-state index in [1.54, 1.807) is 7.11 Å². The minimum absolute atomic E-state index is 0.0779. The molecule has 9 heteroatoms. The molecule has 0 spiro atoms. The highest BCUT2D eigenvalue weighted by Gasteiger charge is 2.32. The first-order valence-corrected chi connectivity index (χ1v) is 13.2. The number of benzene rings is 1. The van der Waals surface area contributed by atoms with Crippen molar-refractivity contribution in [2.75, 3.05) is 18.2 Å². The molecule has 4 aromatic rings. The van der Waals surface area contributed by atoms with Gasteiger partial charge in [-0.1, -0.05) is 18.7 Å². The van der Waals surface area contributed by atoms with Gasteiger partial charge in [0.1, 0.15) is 16.4 Å². The topological polar surface area (TPSA) is 81.4 Å². The van der Waals surface area contributed by atoms with E-state index in [0.29, 0.717) is 5.92 Å². The summed E-state index contributed by atoms with van der Waals surface area (Å²) in [5, 5.41) is 14.0. The van der Waals surface area contributed by atoms with E-state index in [1.165, 1.54) is 34.0 Å². The average molecular weight is 480 g/mol. The molecule has 2 aliphatic carbocycles. The zero-order chi connectivity index (χ0) is 22.5. The molecule has 0 radical (unpaired) electrons. The molecule has 3 heterocycles. The molecule has 2 aliphatic rings. The summed E-state index contributed by atoms with van der Waals surface area (Å²) in [6.45, 7) is 2.33. The molecule has 1 fully saturated rings. The van der Waals surface area contributed by atoms with E-state index in [4.69, 9.17) is 9.72 Å². The molecule has 1 unspecified atom stereocenters. The average Bonchev–Trinajstić information content (AvgIpc) is 3.48. The molecule has 0 bridgehead atoms. The number of rotatable bonds is 6. The van der Waals surface area contributed by atoms with Gasteiger partial charge < -0.3 is 10.1 Å².